The molecule has 5 heteroatoms. The number of amides is 1. The molecule has 118 valence electrons. The van der Waals surface area contributed by atoms with Gasteiger partial charge >= 0.3 is 0 Å². The van der Waals surface area contributed by atoms with E-state index in [-0.39, 0.29) is 5.91 Å². The van der Waals surface area contributed by atoms with Crippen molar-refractivity contribution < 1.29 is 4.79 Å². The summed E-state index contributed by atoms with van der Waals surface area (Å²) < 4.78 is 0. The van der Waals surface area contributed by atoms with Crippen LogP contribution in [0.1, 0.15) is 21.6 Å². The van der Waals surface area contributed by atoms with E-state index in [1.165, 1.54) is 6.33 Å². The Hall–Kier alpha value is -2.98. The zero-order valence-electron chi connectivity index (χ0n) is 12.7. The van der Waals surface area contributed by atoms with E-state index in [4.69, 9.17) is 11.6 Å². The number of nitrogens with zero attached hydrogens (tertiary/aromatic N) is 2. The van der Waals surface area contributed by atoms with E-state index in [0.29, 0.717) is 16.3 Å². The maximum atomic E-state index is 12.3. The van der Waals surface area contributed by atoms with Gasteiger partial charge in [-0.3, -0.25) is 4.79 Å². The van der Waals surface area contributed by atoms with Crippen molar-refractivity contribution in [1.29, 1.82) is 0 Å². The third-order valence-corrected chi connectivity index (χ3v) is 3.64. The summed E-state index contributed by atoms with van der Waals surface area (Å²) in [4.78, 5) is 20.3. The quantitative estimate of drug-likeness (QED) is 0.760. The summed E-state index contributed by atoms with van der Waals surface area (Å²) in [6.07, 6.45) is 7.00. The van der Waals surface area contributed by atoms with Crippen LogP contribution in [0.15, 0.2) is 67.1 Å². The summed E-state index contributed by atoms with van der Waals surface area (Å²) in [7, 11) is 0. The van der Waals surface area contributed by atoms with Crippen molar-refractivity contribution in [2.24, 2.45) is 0 Å². The number of hydrogen-bond donors (Lipinski definition) is 1. The third-order valence-electron chi connectivity index (χ3n) is 3.31. The number of rotatable bonds is 4. The minimum absolute atomic E-state index is 0.238. The van der Waals surface area contributed by atoms with Gasteiger partial charge in [0.05, 0.1) is 16.3 Å². The molecule has 0 aliphatic rings. The molecule has 0 aliphatic carbocycles. The van der Waals surface area contributed by atoms with Crippen molar-refractivity contribution in [3.63, 3.8) is 0 Å². The SMILES string of the molecule is O=C(Nc1cccc(/C=C/c2ccncn2)c1)c1ccccc1Cl. The highest BCUT2D eigenvalue weighted by Gasteiger charge is 2.09. The van der Waals surface area contributed by atoms with Gasteiger partial charge in [-0.05, 0) is 42.0 Å². The summed E-state index contributed by atoms with van der Waals surface area (Å²) in [6.45, 7) is 0. The zero-order valence-corrected chi connectivity index (χ0v) is 13.4. The molecule has 3 rings (SSSR count). The summed E-state index contributed by atoms with van der Waals surface area (Å²) in [5.74, 6) is -0.238. The van der Waals surface area contributed by atoms with Gasteiger partial charge in [0.2, 0.25) is 0 Å². The standard InChI is InChI=1S/C19H14ClN3O/c20-18-7-2-1-6-17(18)19(24)23-16-5-3-4-14(12-16)8-9-15-10-11-21-13-22-15/h1-13H,(H,23,24)/b9-8+. The molecule has 0 bridgehead atoms. The van der Waals surface area contributed by atoms with Crippen molar-refractivity contribution in [3.8, 4) is 0 Å². The van der Waals surface area contributed by atoms with Crippen LogP contribution in [0.2, 0.25) is 5.02 Å². The van der Waals surface area contributed by atoms with E-state index in [0.717, 1.165) is 11.3 Å². The number of aromatic nitrogens is 2. The first-order valence-corrected chi connectivity index (χ1v) is 7.70. The summed E-state index contributed by atoms with van der Waals surface area (Å²) >= 11 is 6.05. The van der Waals surface area contributed by atoms with Crippen LogP contribution < -0.4 is 5.32 Å². The lowest BCUT2D eigenvalue weighted by Gasteiger charge is -2.07. The van der Waals surface area contributed by atoms with Gasteiger partial charge in [0.15, 0.2) is 0 Å². The molecule has 3 aromatic rings. The summed E-state index contributed by atoms with van der Waals surface area (Å²) in [6, 6.07) is 16.3. The summed E-state index contributed by atoms with van der Waals surface area (Å²) in [5, 5.41) is 3.28. The molecular weight excluding hydrogens is 322 g/mol. The Balaban J connectivity index is 1.75. The van der Waals surface area contributed by atoms with E-state index in [1.807, 2.05) is 42.5 Å². The molecule has 0 atom stereocenters. The molecule has 0 fully saturated rings. The van der Waals surface area contributed by atoms with Crippen LogP contribution in [0.25, 0.3) is 12.2 Å². The first-order valence-electron chi connectivity index (χ1n) is 7.32. The van der Waals surface area contributed by atoms with Crippen LogP contribution in [0.5, 0.6) is 0 Å². The third kappa shape index (κ3) is 4.06. The molecular formula is C19H14ClN3O. The molecule has 0 unspecified atom stereocenters. The van der Waals surface area contributed by atoms with E-state index in [1.54, 1.807) is 30.5 Å². The predicted octanol–water partition coefficient (Wildman–Crippen LogP) is 4.55. The van der Waals surface area contributed by atoms with Crippen LogP contribution in [-0.2, 0) is 0 Å². The normalized spacial score (nSPS) is 10.7. The van der Waals surface area contributed by atoms with E-state index in [9.17, 15) is 4.79 Å². The van der Waals surface area contributed by atoms with Gasteiger partial charge in [-0.1, -0.05) is 41.9 Å². The van der Waals surface area contributed by atoms with Crippen molar-refractivity contribution in [2.45, 2.75) is 0 Å². The van der Waals surface area contributed by atoms with Crippen molar-refractivity contribution in [1.82, 2.24) is 9.97 Å². The Morgan fingerprint density at radius 1 is 1.04 bits per heavy atom. The lowest BCUT2D eigenvalue weighted by molar-refractivity contribution is 0.102. The second kappa shape index (κ2) is 7.53. The first kappa shape index (κ1) is 15.9. The lowest BCUT2D eigenvalue weighted by Crippen LogP contribution is -2.12. The highest BCUT2D eigenvalue weighted by molar-refractivity contribution is 6.34. The van der Waals surface area contributed by atoms with Crippen LogP contribution >= 0.6 is 11.6 Å². The lowest BCUT2D eigenvalue weighted by atomic mass is 10.1. The minimum atomic E-state index is -0.238. The number of carbonyl (C=O) groups excluding carboxylic acids is 1. The Morgan fingerprint density at radius 3 is 2.71 bits per heavy atom. The van der Waals surface area contributed by atoms with Gasteiger partial charge in [0, 0.05) is 11.9 Å². The van der Waals surface area contributed by atoms with Crippen LogP contribution in [0, 0.1) is 0 Å². The smallest absolute Gasteiger partial charge is 0.257 e. The van der Waals surface area contributed by atoms with Crippen LogP contribution in [-0.4, -0.2) is 15.9 Å². The van der Waals surface area contributed by atoms with Gasteiger partial charge < -0.3 is 5.32 Å². The maximum Gasteiger partial charge on any atom is 0.257 e. The van der Waals surface area contributed by atoms with Gasteiger partial charge in [0.1, 0.15) is 6.33 Å². The highest BCUT2D eigenvalue weighted by atomic mass is 35.5. The second-order valence-corrected chi connectivity index (χ2v) is 5.43. The number of carbonyl (C=O) groups is 1. The number of nitrogens with one attached hydrogen (secondary N) is 1. The minimum Gasteiger partial charge on any atom is -0.322 e. The number of hydrogen-bond acceptors (Lipinski definition) is 3. The fourth-order valence-electron chi connectivity index (χ4n) is 2.14. The second-order valence-electron chi connectivity index (χ2n) is 5.03. The Morgan fingerprint density at radius 2 is 1.92 bits per heavy atom. The molecule has 1 heterocycles. The van der Waals surface area contributed by atoms with Gasteiger partial charge in [-0.2, -0.15) is 0 Å². The van der Waals surface area contributed by atoms with Gasteiger partial charge in [-0.15, -0.1) is 0 Å². The van der Waals surface area contributed by atoms with E-state index in [2.05, 4.69) is 15.3 Å². The average molecular weight is 336 g/mol. The molecule has 1 aromatic heterocycles. The Labute approximate surface area is 144 Å². The molecule has 4 nitrogen and oxygen atoms in total. The number of halogens is 1. The molecule has 0 saturated heterocycles. The fraction of sp³-hybridized carbons (Fsp3) is 0. The van der Waals surface area contributed by atoms with Crippen LogP contribution in [0.3, 0.4) is 0 Å². The topological polar surface area (TPSA) is 54.9 Å². The average Bonchev–Trinajstić information content (AvgIpc) is 2.61. The van der Waals surface area contributed by atoms with E-state index >= 15 is 0 Å². The predicted molar refractivity (Wildman–Crippen MR) is 96.8 cm³/mol. The molecule has 0 aliphatic heterocycles. The van der Waals surface area contributed by atoms with Gasteiger partial charge in [0.25, 0.3) is 5.91 Å². The van der Waals surface area contributed by atoms with Crippen molar-refractivity contribution >= 4 is 35.3 Å². The number of anilines is 1. The molecule has 2 aromatic carbocycles. The van der Waals surface area contributed by atoms with Gasteiger partial charge in [-0.25, -0.2) is 9.97 Å². The van der Waals surface area contributed by atoms with Crippen LogP contribution in [0.4, 0.5) is 5.69 Å². The Bertz CT molecular complexity index is 879. The largest absolute Gasteiger partial charge is 0.322 e. The molecule has 0 radical (unpaired) electrons. The van der Waals surface area contributed by atoms with E-state index < -0.39 is 0 Å². The molecule has 24 heavy (non-hydrogen) atoms. The van der Waals surface area contributed by atoms with Crippen molar-refractivity contribution in [2.75, 3.05) is 5.32 Å². The zero-order chi connectivity index (χ0) is 16.8. The van der Waals surface area contributed by atoms with Crippen molar-refractivity contribution in [3.05, 3.63) is 89.0 Å². The maximum absolute atomic E-state index is 12.3. The summed E-state index contributed by atoms with van der Waals surface area (Å²) in [5.41, 5.74) is 2.91. The Kier molecular flexibility index (Phi) is 4.99. The molecule has 0 spiro atoms. The number of benzene rings is 2. The monoisotopic (exact) mass is 335 g/mol. The molecule has 1 amide bonds. The molecule has 0 saturated carbocycles. The fourth-order valence-corrected chi connectivity index (χ4v) is 2.37. The first-order chi connectivity index (χ1) is 11.7. The highest BCUT2D eigenvalue weighted by Crippen LogP contribution is 2.18. The molecule has 1 N–H and O–H groups in total.